The van der Waals surface area contributed by atoms with Crippen molar-refractivity contribution in [1.29, 1.82) is 0 Å². The van der Waals surface area contributed by atoms with Crippen molar-refractivity contribution in [2.75, 3.05) is 6.54 Å². The fraction of sp³-hybridized carbons (Fsp3) is 0.727. The molecule has 3 nitrogen and oxygen atoms in total. The Morgan fingerprint density at radius 3 is 2.79 bits per heavy atom. The molecule has 1 aromatic heterocycles. The van der Waals surface area contributed by atoms with Crippen molar-refractivity contribution in [2.24, 2.45) is 5.73 Å². The first kappa shape index (κ1) is 9.71. The summed E-state index contributed by atoms with van der Waals surface area (Å²) < 4.78 is 2.01. The van der Waals surface area contributed by atoms with Gasteiger partial charge in [-0.15, -0.1) is 0 Å². The third-order valence-corrected chi connectivity index (χ3v) is 3.50. The van der Waals surface area contributed by atoms with Crippen molar-refractivity contribution in [1.82, 2.24) is 9.78 Å². The van der Waals surface area contributed by atoms with Gasteiger partial charge in [0.15, 0.2) is 0 Å². The van der Waals surface area contributed by atoms with Gasteiger partial charge in [-0.2, -0.15) is 5.10 Å². The summed E-state index contributed by atoms with van der Waals surface area (Å²) in [5, 5.41) is 4.34. The molecular formula is C11H19N3. The molecule has 1 aliphatic rings. The fourth-order valence-corrected chi connectivity index (χ4v) is 2.37. The summed E-state index contributed by atoms with van der Waals surface area (Å²) in [5.41, 5.74) is 7.45. The highest BCUT2D eigenvalue weighted by Crippen LogP contribution is 2.45. The van der Waals surface area contributed by atoms with Crippen LogP contribution < -0.4 is 5.73 Å². The summed E-state index contributed by atoms with van der Waals surface area (Å²) >= 11 is 0. The number of nitrogens with two attached hydrogens (primary N) is 1. The van der Waals surface area contributed by atoms with Gasteiger partial charge in [-0.25, -0.2) is 0 Å². The molecule has 3 heteroatoms. The monoisotopic (exact) mass is 193 g/mol. The van der Waals surface area contributed by atoms with Crippen LogP contribution >= 0.6 is 0 Å². The molecular weight excluding hydrogens is 174 g/mol. The molecule has 2 rings (SSSR count). The largest absolute Gasteiger partial charge is 0.330 e. The van der Waals surface area contributed by atoms with Crippen LogP contribution in [0.4, 0.5) is 0 Å². The van der Waals surface area contributed by atoms with E-state index in [1.807, 2.05) is 10.9 Å². The van der Waals surface area contributed by atoms with Crippen LogP contribution in [-0.2, 0) is 12.0 Å². The van der Waals surface area contributed by atoms with Crippen LogP contribution in [-0.4, -0.2) is 16.3 Å². The maximum Gasteiger partial charge on any atom is 0.0527 e. The minimum atomic E-state index is 0.377. The van der Waals surface area contributed by atoms with Crippen LogP contribution in [0, 0.1) is 0 Å². The molecule has 0 saturated heterocycles. The summed E-state index contributed by atoms with van der Waals surface area (Å²) in [6.07, 6.45) is 9.26. The molecule has 1 aliphatic carbocycles. The Balaban J connectivity index is 2.18. The van der Waals surface area contributed by atoms with Gasteiger partial charge in [-0.3, -0.25) is 4.68 Å². The number of hydrogen-bond donors (Lipinski definition) is 1. The Morgan fingerprint density at radius 2 is 2.36 bits per heavy atom. The van der Waals surface area contributed by atoms with Gasteiger partial charge in [0.05, 0.1) is 6.20 Å². The second-order valence-electron chi connectivity index (χ2n) is 4.26. The Labute approximate surface area is 85.3 Å². The molecule has 0 amide bonds. The average Bonchev–Trinajstić information content (AvgIpc) is 2.59. The molecule has 0 bridgehead atoms. The van der Waals surface area contributed by atoms with E-state index in [2.05, 4.69) is 18.2 Å². The Bertz CT molecular complexity index is 299. The minimum absolute atomic E-state index is 0.377. The molecule has 14 heavy (non-hydrogen) atoms. The zero-order valence-corrected chi connectivity index (χ0v) is 8.87. The highest BCUT2D eigenvalue weighted by Gasteiger charge is 2.38. The van der Waals surface area contributed by atoms with Gasteiger partial charge in [0, 0.05) is 12.7 Å². The summed E-state index contributed by atoms with van der Waals surface area (Å²) in [4.78, 5) is 0. The van der Waals surface area contributed by atoms with Crippen molar-refractivity contribution in [3.8, 4) is 0 Å². The Kier molecular flexibility index (Phi) is 2.59. The second kappa shape index (κ2) is 3.73. The lowest BCUT2D eigenvalue weighted by Crippen LogP contribution is -2.36. The van der Waals surface area contributed by atoms with E-state index in [0.29, 0.717) is 5.41 Å². The van der Waals surface area contributed by atoms with Gasteiger partial charge in [0.2, 0.25) is 0 Å². The Morgan fingerprint density at radius 1 is 1.57 bits per heavy atom. The van der Waals surface area contributed by atoms with Crippen LogP contribution in [0.25, 0.3) is 0 Å². The molecule has 1 heterocycles. The van der Waals surface area contributed by atoms with Gasteiger partial charge in [-0.05, 0) is 43.7 Å². The van der Waals surface area contributed by atoms with Crippen molar-refractivity contribution < 1.29 is 0 Å². The van der Waals surface area contributed by atoms with Crippen LogP contribution in [0.3, 0.4) is 0 Å². The molecule has 1 fully saturated rings. The standard InChI is InChI=1S/C11H19N3/c1-2-14-9-10(8-13-14)11(6-7-12)4-3-5-11/h8-9H,2-7,12H2,1H3. The molecule has 0 radical (unpaired) electrons. The highest BCUT2D eigenvalue weighted by atomic mass is 15.3. The summed E-state index contributed by atoms with van der Waals surface area (Å²) in [5.74, 6) is 0. The average molecular weight is 193 g/mol. The zero-order valence-electron chi connectivity index (χ0n) is 8.87. The number of aryl methyl sites for hydroxylation is 1. The van der Waals surface area contributed by atoms with Crippen molar-refractivity contribution in [3.05, 3.63) is 18.0 Å². The predicted octanol–water partition coefficient (Wildman–Crippen LogP) is 1.67. The van der Waals surface area contributed by atoms with E-state index in [1.54, 1.807) is 0 Å². The SMILES string of the molecule is CCn1cc(C2(CCN)CCC2)cn1. The van der Waals surface area contributed by atoms with Crippen LogP contribution in [0.5, 0.6) is 0 Å². The molecule has 2 N–H and O–H groups in total. The molecule has 78 valence electrons. The lowest BCUT2D eigenvalue weighted by molar-refractivity contribution is 0.229. The topological polar surface area (TPSA) is 43.8 Å². The third-order valence-electron chi connectivity index (χ3n) is 3.50. The lowest BCUT2D eigenvalue weighted by Gasteiger charge is -2.41. The number of hydrogen-bond acceptors (Lipinski definition) is 2. The lowest BCUT2D eigenvalue weighted by atomic mass is 9.63. The first-order valence-electron chi connectivity index (χ1n) is 5.54. The van der Waals surface area contributed by atoms with Gasteiger partial charge in [0.25, 0.3) is 0 Å². The maximum absolute atomic E-state index is 5.67. The maximum atomic E-state index is 5.67. The summed E-state index contributed by atoms with van der Waals surface area (Å²) in [6.45, 7) is 3.86. The molecule has 0 spiro atoms. The van der Waals surface area contributed by atoms with Gasteiger partial charge in [-0.1, -0.05) is 6.42 Å². The van der Waals surface area contributed by atoms with E-state index in [0.717, 1.165) is 19.5 Å². The van der Waals surface area contributed by atoms with E-state index in [4.69, 9.17) is 5.73 Å². The van der Waals surface area contributed by atoms with Crippen LogP contribution in [0.2, 0.25) is 0 Å². The number of aromatic nitrogens is 2. The van der Waals surface area contributed by atoms with Crippen molar-refractivity contribution >= 4 is 0 Å². The van der Waals surface area contributed by atoms with E-state index in [1.165, 1.54) is 24.8 Å². The quantitative estimate of drug-likeness (QED) is 0.790. The smallest absolute Gasteiger partial charge is 0.0527 e. The molecule has 0 atom stereocenters. The minimum Gasteiger partial charge on any atom is -0.330 e. The fourth-order valence-electron chi connectivity index (χ4n) is 2.37. The Hall–Kier alpha value is -0.830. The molecule has 0 aromatic carbocycles. The normalized spacial score (nSPS) is 19.3. The highest BCUT2D eigenvalue weighted by molar-refractivity contribution is 5.23. The zero-order chi connectivity index (χ0) is 10.0. The van der Waals surface area contributed by atoms with Crippen LogP contribution in [0.1, 0.15) is 38.2 Å². The van der Waals surface area contributed by atoms with Gasteiger partial charge < -0.3 is 5.73 Å². The van der Waals surface area contributed by atoms with E-state index < -0.39 is 0 Å². The van der Waals surface area contributed by atoms with Crippen molar-refractivity contribution in [2.45, 2.75) is 44.6 Å². The summed E-state index contributed by atoms with van der Waals surface area (Å²) in [6, 6.07) is 0. The second-order valence-corrected chi connectivity index (χ2v) is 4.26. The van der Waals surface area contributed by atoms with Crippen molar-refractivity contribution in [3.63, 3.8) is 0 Å². The molecule has 1 saturated carbocycles. The van der Waals surface area contributed by atoms with E-state index in [-0.39, 0.29) is 0 Å². The van der Waals surface area contributed by atoms with Gasteiger partial charge in [0.1, 0.15) is 0 Å². The van der Waals surface area contributed by atoms with E-state index >= 15 is 0 Å². The predicted molar refractivity (Wildman–Crippen MR) is 57.1 cm³/mol. The third kappa shape index (κ3) is 1.46. The first-order chi connectivity index (χ1) is 6.80. The molecule has 0 aliphatic heterocycles. The molecule has 0 unspecified atom stereocenters. The number of nitrogens with zero attached hydrogens (tertiary/aromatic N) is 2. The summed E-state index contributed by atoms with van der Waals surface area (Å²) in [7, 11) is 0. The first-order valence-corrected chi connectivity index (χ1v) is 5.54. The molecule has 1 aromatic rings. The van der Waals surface area contributed by atoms with E-state index in [9.17, 15) is 0 Å². The van der Waals surface area contributed by atoms with Crippen LogP contribution in [0.15, 0.2) is 12.4 Å². The number of rotatable bonds is 4. The van der Waals surface area contributed by atoms with Gasteiger partial charge >= 0.3 is 0 Å².